The quantitative estimate of drug-likeness (QED) is 0.196. The standard InChI is InChI=1S/C34H33N5O4S/c1-39-22-37-38-34(39)44-21-30-17-31(26-9-7-23(20-40)8-10-26)43-33(42-30)27-13-11-25(12-14-27)28-5-2-4-24(16-28)18-36-32(41)29-6-3-15-35-19-29/h2-16,19,22,30-31,33,40H,17-18,20-21H2,1H3,(H,36,41). The second-order valence-electron chi connectivity index (χ2n) is 10.6. The molecule has 1 fully saturated rings. The Bertz CT molecular complexity index is 1680. The van der Waals surface area contributed by atoms with Crippen LogP contribution in [0.3, 0.4) is 0 Å². The van der Waals surface area contributed by atoms with Crippen molar-refractivity contribution in [2.75, 3.05) is 5.75 Å². The van der Waals surface area contributed by atoms with Gasteiger partial charge in [-0.25, -0.2) is 0 Å². The van der Waals surface area contributed by atoms with Crippen LogP contribution in [-0.4, -0.2) is 42.6 Å². The van der Waals surface area contributed by atoms with E-state index in [1.807, 2.05) is 60.1 Å². The van der Waals surface area contributed by atoms with Gasteiger partial charge in [0, 0.05) is 43.7 Å². The minimum Gasteiger partial charge on any atom is -0.392 e. The summed E-state index contributed by atoms with van der Waals surface area (Å²) in [4.78, 5) is 16.5. The fourth-order valence-electron chi connectivity index (χ4n) is 5.07. The SMILES string of the molecule is Cn1cnnc1SCC1CC(c2ccc(CO)cc2)OC(c2ccc(-c3cccc(CNC(=O)c4cccnc4)c3)cc2)O1. The molecular weight excluding hydrogens is 574 g/mol. The number of ether oxygens (including phenoxy) is 2. The summed E-state index contributed by atoms with van der Waals surface area (Å²) < 4.78 is 14.9. The van der Waals surface area contributed by atoms with Crippen molar-refractivity contribution < 1.29 is 19.4 Å². The Labute approximate surface area is 260 Å². The zero-order chi connectivity index (χ0) is 30.3. The van der Waals surface area contributed by atoms with Crippen molar-refractivity contribution in [2.24, 2.45) is 7.05 Å². The van der Waals surface area contributed by atoms with E-state index in [9.17, 15) is 9.90 Å². The first-order valence-electron chi connectivity index (χ1n) is 14.4. The van der Waals surface area contributed by atoms with E-state index < -0.39 is 6.29 Å². The summed E-state index contributed by atoms with van der Waals surface area (Å²) in [7, 11) is 1.93. The molecule has 2 aromatic heterocycles. The molecule has 10 heteroatoms. The van der Waals surface area contributed by atoms with E-state index in [0.29, 0.717) is 24.3 Å². The zero-order valence-electron chi connectivity index (χ0n) is 24.2. The number of nitrogens with zero attached hydrogens (tertiary/aromatic N) is 4. The van der Waals surface area contributed by atoms with Crippen LogP contribution in [-0.2, 0) is 29.7 Å². The van der Waals surface area contributed by atoms with Gasteiger partial charge in [0.2, 0.25) is 0 Å². The fourth-order valence-corrected chi connectivity index (χ4v) is 5.97. The first-order valence-corrected chi connectivity index (χ1v) is 15.4. The second kappa shape index (κ2) is 14.0. The topological polar surface area (TPSA) is 111 Å². The van der Waals surface area contributed by atoms with Crippen molar-refractivity contribution in [2.45, 2.75) is 43.2 Å². The predicted octanol–water partition coefficient (Wildman–Crippen LogP) is 5.64. The lowest BCUT2D eigenvalue weighted by Crippen LogP contribution is -2.31. The van der Waals surface area contributed by atoms with Crippen LogP contribution in [0.4, 0.5) is 0 Å². The molecule has 3 atom stereocenters. The monoisotopic (exact) mass is 607 g/mol. The van der Waals surface area contributed by atoms with Crippen molar-refractivity contribution in [3.8, 4) is 11.1 Å². The van der Waals surface area contributed by atoms with Crippen LogP contribution in [0.5, 0.6) is 0 Å². The minimum absolute atomic E-state index is 0.00377. The van der Waals surface area contributed by atoms with Gasteiger partial charge >= 0.3 is 0 Å². The van der Waals surface area contributed by atoms with Gasteiger partial charge in [0.15, 0.2) is 11.4 Å². The number of benzene rings is 3. The lowest BCUT2D eigenvalue weighted by atomic mass is 9.99. The Morgan fingerprint density at radius 2 is 1.80 bits per heavy atom. The number of carbonyl (C=O) groups is 1. The summed E-state index contributed by atoms with van der Waals surface area (Å²) in [6.07, 6.45) is 4.81. The molecule has 3 unspecified atom stereocenters. The highest BCUT2D eigenvalue weighted by Crippen LogP contribution is 2.39. The molecule has 6 rings (SSSR count). The van der Waals surface area contributed by atoms with Crippen LogP contribution in [0.25, 0.3) is 11.1 Å². The smallest absolute Gasteiger partial charge is 0.253 e. The Hall–Kier alpha value is -4.35. The Morgan fingerprint density at radius 3 is 2.52 bits per heavy atom. The van der Waals surface area contributed by atoms with Crippen LogP contribution >= 0.6 is 11.8 Å². The van der Waals surface area contributed by atoms with E-state index in [-0.39, 0.29) is 24.7 Å². The molecule has 1 aliphatic heterocycles. The van der Waals surface area contributed by atoms with E-state index in [0.717, 1.165) is 38.5 Å². The number of nitrogens with one attached hydrogen (secondary N) is 1. The highest BCUT2D eigenvalue weighted by Gasteiger charge is 2.32. The number of amides is 1. The van der Waals surface area contributed by atoms with Crippen molar-refractivity contribution in [3.05, 3.63) is 131 Å². The number of hydrogen-bond donors (Lipinski definition) is 2. The molecule has 224 valence electrons. The Morgan fingerprint density at radius 1 is 0.977 bits per heavy atom. The number of aliphatic hydroxyl groups is 1. The normalized spacial score (nSPS) is 18.2. The first-order chi connectivity index (χ1) is 21.6. The number of thioether (sulfide) groups is 1. The van der Waals surface area contributed by atoms with Gasteiger partial charge in [-0.1, -0.05) is 78.5 Å². The number of aryl methyl sites for hydroxylation is 1. The number of rotatable bonds is 10. The maximum Gasteiger partial charge on any atom is 0.253 e. The van der Waals surface area contributed by atoms with Gasteiger partial charge in [-0.15, -0.1) is 10.2 Å². The van der Waals surface area contributed by atoms with E-state index in [1.165, 1.54) is 0 Å². The fraction of sp³-hybridized carbons (Fsp3) is 0.235. The van der Waals surface area contributed by atoms with Crippen LogP contribution in [0, 0.1) is 0 Å². The third-order valence-corrected chi connectivity index (χ3v) is 8.67. The second-order valence-corrected chi connectivity index (χ2v) is 11.6. The Balaban J connectivity index is 1.16. The molecule has 1 saturated heterocycles. The molecule has 2 N–H and O–H groups in total. The first kappa shape index (κ1) is 29.7. The Kier molecular flexibility index (Phi) is 9.43. The number of pyridine rings is 1. The average Bonchev–Trinajstić information content (AvgIpc) is 3.51. The summed E-state index contributed by atoms with van der Waals surface area (Å²) in [5, 5.41) is 21.5. The summed E-state index contributed by atoms with van der Waals surface area (Å²) >= 11 is 1.61. The summed E-state index contributed by atoms with van der Waals surface area (Å²) in [6, 6.07) is 27.7. The van der Waals surface area contributed by atoms with Crippen molar-refractivity contribution in [3.63, 3.8) is 0 Å². The molecule has 1 aliphatic rings. The van der Waals surface area contributed by atoms with E-state index in [4.69, 9.17) is 9.47 Å². The number of aromatic nitrogens is 4. The maximum absolute atomic E-state index is 12.4. The molecular formula is C34H33N5O4S. The largest absolute Gasteiger partial charge is 0.392 e. The predicted molar refractivity (Wildman–Crippen MR) is 167 cm³/mol. The van der Waals surface area contributed by atoms with Crippen LogP contribution < -0.4 is 5.32 Å². The van der Waals surface area contributed by atoms with Gasteiger partial charge in [-0.3, -0.25) is 9.78 Å². The number of aliphatic hydroxyl groups excluding tert-OH is 1. The molecule has 0 bridgehead atoms. The van der Waals surface area contributed by atoms with Crippen LogP contribution in [0.15, 0.2) is 109 Å². The molecule has 0 radical (unpaired) electrons. The van der Waals surface area contributed by atoms with Gasteiger partial charge < -0.3 is 24.5 Å². The van der Waals surface area contributed by atoms with Gasteiger partial charge in [0.25, 0.3) is 5.91 Å². The van der Waals surface area contributed by atoms with Gasteiger partial charge in [-0.2, -0.15) is 0 Å². The minimum atomic E-state index is -0.542. The van der Waals surface area contributed by atoms with Gasteiger partial charge in [0.05, 0.1) is 24.4 Å². The summed E-state index contributed by atoms with van der Waals surface area (Å²) in [6.45, 7) is 0.418. The van der Waals surface area contributed by atoms with Crippen molar-refractivity contribution in [1.29, 1.82) is 0 Å². The van der Waals surface area contributed by atoms with Gasteiger partial charge in [0.1, 0.15) is 6.33 Å². The molecule has 3 aromatic carbocycles. The van der Waals surface area contributed by atoms with E-state index >= 15 is 0 Å². The number of hydrogen-bond acceptors (Lipinski definition) is 8. The van der Waals surface area contributed by atoms with E-state index in [1.54, 1.807) is 42.6 Å². The zero-order valence-corrected chi connectivity index (χ0v) is 25.1. The molecule has 0 saturated carbocycles. The average molecular weight is 608 g/mol. The summed E-state index contributed by atoms with van der Waals surface area (Å²) in [5.41, 5.74) is 6.48. The lowest BCUT2D eigenvalue weighted by molar-refractivity contribution is -0.245. The molecule has 5 aromatic rings. The molecule has 3 heterocycles. The highest BCUT2D eigenvalue weighted by molar-refractivity contribution is 7.99. The molecule has 44 heavy (non-hydrogen) atoms. The summed E-state index contributed by atoms with van der Waals surface area (Å²) in [5.74, 6) is 0.552. The third-order valence-electron chi connectivity index (χ3n) is 7.50. The van der Waals surface area contributed by atoms with Crippen LogP contribution in [0.1, 0.15) is 51.4 Å². The number of carbonyl (C=O) groups excluding carboxylic acids is 1. The highest BCUT2D eigenvalue weighted by atomic mass is 32.2. The van der Waals surface area contributed by atoms with Gasteiger partial charge in [-0.05, 0) is 46.0 Å². The molecule has 0 spiro atoms. The molecule has 0 aliphatic carbocycles. The maximum atomic E-state index is 12.4. The van der Waals surface area contributed by atoms with Crippen LogP contribution in [0.2, 0.25) is 0 Å². The van der Waals surface area contributed by atoms with Crippen molar-refractivity contribution >= 4 is 17.7 Å². The molecule has 1 amide bonds. The van der Waals surface area contributed by atoms with E-state index in [2.05, 4.69) is 44.8 Å². The third kappa shape index (κ3) is 7.23. The lowest BCUT2D eigenvalue weighted by Gasteiger charge is -2.36. The van der Waals surface area contributed by atoms with Crippen molar-refractivity contribution in [1.82, 2.24) is 25.1 Å². The molecule has 9 nitrogen and oxygen atoms in total.